The standard InChI is InChI=1S/C9H18N2O2/c1-13-7-9(12)11-8-3-2-5-10-6-4-8/h8,10H,2-7H2,1H3,(H,11,12)/t8-/m1/s1. The summed E-state index contributed by atoms with van der Waals surface area (Å²) in [4.78, 5) is 11.2. The van der Waals surface area contributed by atoms with E-state index in [4.69, 9.17) is 4.74 Å². The monoisotopic (exact) mass is 186 g/mol. The molecule has 76 valence electrons. The van der Waals surface area contributed by atoms with E-state index in [-0.39, 0.29) is 12.5 Å². The summed E-state index contributed by atoms with van der Waals surface area (Å²) >= 11 is 0. The van der Waals surface area contributed by atoms with E-state index in [2.05, 4.69) is 10.6 Å². The fraction of sp³-hybridized carbons (Fsp3) is 0.889. The van der Waals surface area contributed by atoms with Crippen molar-refractivity contribution in [1.29, 1.82) is 0 Å². The molecule has 1 atom stereocenters. The maximum Gasteiger partial charge on any atom is 0.246 e. The van der Waals surface area contributed by atoms with E-state index in [0.717, 1.165) is 32.4 Å². The summed E-state index contributed by atoms with van der Waals surface area (Å²) in [7, 11) is 1.54. The number of hydrogen-bond acceptors (Lipinski definition) is 3. The van der Waals surface area contributed by atoms with Gasteiger partial charge in [-0.3, -0.25) is 4.79 Å². The number of amides is 1. The Morgan fingerprint density at radius 3 is 3.15 bits per heavy atom. The third kappa shape index (κ3) is 4.24. The highest BCUT2D eigenvalue weighted by molar-refractivity contribution is 5.77. The summed E-state index contributed by atoms with van der Waals surface area (Å²) in [5, 5.41) is 6.26. The molecule has 13 heavy (non-hydrogen) atoms. The van der Waals surface area contributed by atoms with Crippen molar-refractivity contribution in [3.05, 3.63) is 0 Å². The minimum Gasteiger partial charge on any atom is -0.375 e. The molecule has 1 saturated heterocycles. The molecule has 0 aromatic rings. The van der Waals surface area contributed by atoms with Gasteiger partial charge in [0.05, 0.1) is 0 Å². The van der Waals surface area contributed by atoms with Gasteiger partial charge in [-0.2, -0.15) is 0 Å². The molecule has 1 aliphatic rings. The minimum absolute atomic E-state index is 0.00519. The van der Waals surface area contributed by atoms with Crippen molar-refractivity contribution in [3.8, 4) is 0 Å². The molecule has 0 saturated carbocycles. The predicted molar refractivity (Wildman–Crippen MR) is 50.5 cm³/mol. The normalized spacial score (nSPS) is 23.6. The number of methoxy groups -OCH3 is 1. The number of rotatable bonds is 3. The highest BCUT2D eigenvalue weighted by Crippen LogP contribution is 2.04. The van der Waals surface area contributed by atoms with Gasteiger partial charge >= 0.3 is 0 Å². The van der Waals surface area contributed by atoms with E-state index in [1.54, 1.807) is 0 Å². The van der Waals surface area contributed by atoms with E-state index in [1.165, 1.54) is 7.11 Å². The molecule has 4 heteroatoms. The van der Waals surface area contributed by atoms with Crippen LogP contribution < -0.4 is 10.6 Å². The molecular formula is C9H18N2O2. The van der Waals surface area contributed by atoms with Crippen LogP contribution in [0, 0.1) is 0 Å². The summed E-state index contributed by atoms with van der Waals surface area (Å²) < 4.78 is 4.75. The lowest BCUT2D eigenvalue weighted by Crippen LogP contribution is -2.37. The molecule has 1 heterocycles. The van der Waals surface area contributed by atoms with Crippen molar-refractivity contribution in [2.24, 2.45) is 0 Å². The van der Waals surface area contributed by atoms with Crippen molar-refractivity contribution < 1.29 is 9.53 Å². The summed E-state index contributed by atoms with van der Waals surface area (Å²) in [5.74, 6) is -0.00519. The van der Waals surface area contributed by atoms with Gasteiger partial charge in [0.15, 0.2) is 0 Å². The first-order valence-corrected chi connectivity index (χ1v) is 4.82. The Balaban J connectivity index is 2.21. The van der Waals surface area contributed by atoms with E-state index in [0.29, 0.717) is 6.04 Å². The first-order valence-electron chi connectivity index (χ1n) is 4.82. The number of carbonyl (C=O) groups excluding carboxylic acids is 1. The number of carbonyl (C=O) groups is 1. The summed E-state index contributed by atoms with van der Waals surface area (Å²) in [6.07, 6.45) is 3.23. The van der Waals surface area contributed by atoms with Crippen molar-refractivity contribution in [3.63, 3.8) is 0 Å². The van der Waals surface area contributed by atoms with Gasteiger partial charge in [0.2, 0.25) is 5.91 Å². The van der Waals surface area contributed by atoms with Crippen LogP contribution in [0.1, 0.15) is 19.3 Å². The zero-order valence-corrected chi connectivity index (χ0v) is 8.14. The molecule has 0 bridgehead atoms. The molecule has 0 aliphatic carbocycles. The zero-order valence-electron chi connectivity index (χ0n) is 8.14. The maximum atomic E-state index is 11.2. The fourth-order valence-electron chi connectivity index (χ4n) is 1.56. The number of ether oxygens (including phenoxy) is 1. The first-order chi connectivity index (χ1) is 6.33. The van der Waals surface area contributed by atoms with E-state index < -0.39 is 0 Å². The van der Waals surface area contributed by atoms with Crippen LogP contribution in [0.2, 0.25) is 0 Å². The molecular weight excluding hydrogens is 168 g/mol. The first kappa shape index (κ1) is 10.5. The van der Waals surface area contributed by atoms with Gasteiger partial charge in [-0.1, -0.05) is 0 Å². The summed E-state index contributed by atoms with van der Waals surface area (Å²) in [6.45, 7) is 2.23. The summed E-state index contributed by atoms with van der Waals surface area (Å²) in [5.41, 5.74) is 0. The highest BCUT2D eigenvalue weighted by atomic mass is 16.5. The maximum absolute atomic E-state index is 11.2. The third-order valence-corrected chi connectivity index (χ3v) is 2.22. The lowest BCUT2D eigenvalue weighted by atomic mass is 10.1. The van der Waals surface area contributed by atoms with Crippen LogP contribution in [0.5, 0.6) is 0 Å². The highest BCUT2D eigenvalue weighted by Gasteiger charge is 2.13. The van der Waals surface area contributed by atoms with Crippen LogP contribution in [0.25, 0.3) is 0 Å². The van der Waals surface area contributed by atoms with Crippen molar-refractivity contribution >= 4 is 5.91 Å². The molecule has 1 rings (SSSR count). The Hall–Kier alpha value is -0.610. The number of hydrogen-bond donors (Lipinski definition) is 2. The molecule has 0 radical (unpaired) electrons. The van der Waals surface area contributed by atoms with Gasteiger partial charge in [0, 0.05) is 13.2 Å². The van der Waals surface area contributed by atoms with Crippen molar-refractivity contribution in [2.45, 2.75) is 25.3 Å². The lowest BCUT2D eigenvalue weighted by Gasteiger charge is -2.15. The molecule has 0 aromatic carbocycles. The molecule has 1 aliphatic heterocycles. The molecule has 1 amide bonds. The van der Waals surface area contributed by atoms with Gasteiger partial charge in [-0.25, -0.2) is 0 Å². The van der Waals surface area contributed by atoms with Crippen LogP contribution in [0.15, 0.2) is 0 Å². The van der Waals surface area contributed by atoms with Crippen LogP contribution in [0.3, 0.4) is 0 Å². The molecule has 4 nitrogen and oxygen atoms in total. The Bertz CT molecular complexity index is 154. The Morgan fingerprint density at radius 1 is 1.54 bits per heavy atom. The largest absolute Gasteiger partial charge is 0.375 e. The van der Waals surface area contributed by atoms with Gasteiger partial charge in [0.25, 0.3) is 0 Å². The topological polar surface area (TPSA) is 50.4 Å². The Labute approximate surface area is 79.0 Å². The van der Waals surface area contributed by atoms with Crippen LogP contribution in [-0.2, 0) is 9.53 Å². The van der Waals surface area contributed by atoms with Crippen LogP contribution >= 0.6 is 0 Å². The quantitative estimate of drug-likeness (QED) is 0.646. The second kappa shape index (κ2) is 5.94. The molecule has 0 spiro atoms. The van der Waals surface area contributed by atoms with Gasteiger partial charge in [-0.05, 0) is 32.4 Å². The second-order valence-corrected chi connectivity index (χ2v) is 3.38. The Kier molecular flexibility index (Phi) is 4.78. The third-order valence-electron chi connectivity index (χ3n) is 2.22. The zero-order chi connectivity index (χ0) is 9.52. The lowest BCUT2D eigenvalue weighted by molar-refractivity contribution is -0.125. The fourth-order valence-corrected chi connectivity index (χ4v) is 1.56. The smallest absolute Gasteiger partial charge is 0.246 e. The average molecular weight is 186 g/mol. The molecule has 2 N–H and O–H groups in total. The van der Waals surface area contributed by atoms with E-state index in [1.807, 2.05) is 0 Å². The second-order valence-electron chi connectivity index (χ2n) is 3.38. The minimum atomic E-state index is -0.00519. The van der Waals surface area contributed by atoms with Crippen molar-refractivity contribution in [1.82, 2.24) is 10.6 Å². The van der Waals surface area contributed by atoms with Gasteiger partial charge < -0.3 is 15.4 Å². The van der Waals surface area contributed by atoms with Gasteiger partial charge in [-0.15, -0.1) is 0 Å². The molecule has 1 fully saturated rings. The molecule has 0 unspecified atom stereocenters. The predicted octanol–water partition coefficient (Wildman–Crippen LogP) is -0.109. The molecule has 0 aromatic heterocycles. The van der Waals surface area contributed by atoms with Gasteiger partial charge in [0.1, 0.15) is 6.61 Å². The van der Waals surface area contributed by atoms with Crippen LogP contribution in [0.4, 0.5) is 0 Å². The SMILES string of the molecule is COCC(=O)N[C@@H]1CCCNCC1. The number of nitrogens with one attached hydrogen (secondary N) is 2. The van der Waals surface area contributed by atoms with Crippen LogP contribution in [-0.4, -0.2) is 38.8 Å². The Morgan fingerprint density at radius 2 is 2.38 bits per heavy atom. The average Bonchev–Trinajstić information content (AvgIpc) is 2.33. The van der Waals surface area contributed by atoms with E-state index in [9.17, 15) is 4.79 Å². The van der Waals surface area contributed by atoms with E-state index >= 15 is 0 Å². The summed E-state index contributed by atoms with van der Waals surface area (Å²) in [6, 6.07) is 0.331. The van der Waals surface area contributed by atoms with Crippen molar-refractivity contribution in [2.75, 3.05) is 26.8 Å².